The summed E-state index contributed by atoms with van der Waals surface area (Å²) >= 11 is 0. The summed E-state index contributed by atoms with van der Waals surface area (Å²) in [5.41, 5.74) is 7.51. The van der Waals surface area contributed by atoms with E-state index < -0.39 is 11.7 Å². The second-order valence-electron chi connectivity index (χ2n) is 6.87. The molecule has 126 valence electrons. The van der Waals surface area contributed by atoms with E-state index in [4.69, 9.17) is 10.5 Å². The predicted molar refractivity (Wildman–Crippen MR) is 91.8 cm³/mol. The maximum atomic E-state index is 11.9. The number of amides is 1. The van der Waals surface area contributed by atoms with Crippen LogP contribution in [0.2, 0.25) is 0 Å². The van der Waals surface area contributed by atoms with Crippen LogP contribution in [0.25, 0.3) is 0 Å². The Hall–Kier alpha value is -1.85. The zero-order chi connectivity index (χ0) is 16.9. The number of ether oxygens (including phenoxy) is 1. The van der Waals surface area contributed by atoms with Crippen molar-refractivity contribution in [3.05, 3.63) is 47.7 Å². The maximum Gasteiger partial charge on any atom is 0.411 e. The number of hydrogen-bond donors (Lipinski definition) is 2. The molecule has 1 aliphatic heterocycles. The number of benzene rings is 1. The van der Waals surface area contributed by atoms with Gasteiger partial charge in [0.2, 0.25) is 0 Å². The lowest BCUT2D eigenvalue weighted by Gasteiger charge is -2.35. The molecule has 0 radical (unpaired) electrons. The van der Waals surface area contributed by atoms with E-state index in [-0.39, 0.29) is 0 Å². The minimum atomic E-state index is -0.497. The summed E-state index contributed by atoms with van der Waals surface area (Å²) in [4.78, 5) is 14.2. The van der Waals surface area contributed by atoms with Gasteiger partial charge in [-0.3, -0.25) is 10.2 Å². The SMILES string of the molecule is CC(C)(C)OC(=O)NC1=CCC(CN)N(Cc2ccccc2)C1. The van der Waals surface area contributed by atoms with Crippen molar-refractivity contribution in [3.8, 4) is 0 Å². The topological polar surface area (TPSA) is 67.6 Å². The van der Waals surface area contributed by atoms with Crippen molar-refractivity contribution >= 4 is 6.09 Å². The normalized spacial score (nSPS) is 19.1. The lowest BCUT2D eigenvalue weighted by molar-refractivity contribution is 0.0536. The minimum Gasteiger partial charge on any atom is -0.444 e. The maximum absolute atomic E-state index is 11.9. The standard InChI is InChI=1S/C18H27N3O2/c1-18(2,3)23-17(22)20-15-9-10-16(11-19)21(13-15)12-14-7-5-4-6-8-14/h4-9,16H,10-13,19H2,1-3H3,(H,20,22). The highest BCUT2D eigenvalue weighted by atomic mass is 16.6. The Morgan fingerprint density at radius 2 is 2.04 bits per heavy atom. The third kappa shape index (κ3) is 5.69. The van der Waals surface area contributed by atoms with Crippen LogP contribution < -0.4 is 11.1 Å². The molecular weight excluding hydrogens is 290 g/mol. The van der Waals surface area contributed by atoms with Crippen LogP contribution in [0.4, 0.5) is 4.79 Å². The molecule has 0 saturated carbocycles. The number of nitrogens with one attached hydrogen (secondary N) is 1. The van der Waals surface area contributed by atoms with Crippen LogP contribution in [0.15, 0.2) is 42.1 Å². The van der Waals surface area contributed by atoms with Gasteiger partial charge < -0.3 is 10.5 Å². The number of rotatable bonds is 4. The van der Waals surface area contributed by atoms with E-state index in [0.717, 1.165) is 18.7 Å². The first-order chi connectivity index (χ1) is 10.9. The van der Waals surface area contributed by atoms with E-state index in [9.17, 15) is 4.79 Å². The average Bonchev–Trinajstić information content (AvgIpc) is 2.46. The largest absolute Gasteiger partial charge is 0.444 e. The first-order valence-electron chi connectivity index (χ1n) is 8.04. The van der Waals surface area contributed by atoms with Gasteiger partial charge in [0.25, 0.3) is 0 Å². The number of carbonyl (C=O) groups is 1. The number of nitrogens with two attached hydrogens (primary N) is 1. The van der Waals surface area contributed by atoms with Crippen molar-refractivity contribution in [3.63, 3.8) is 0 Å². The molecule has 1 amide bonds. The van der Waals surface area contributed by atoms with Gasteiger partial charge in [-0.05, 0) is 32.8 Å². The fourth-order valence-electron chi connectivity index (χ4n) is 2.61. The monoisotopic (exact) mass is 317 g/mol. The molecule has 1 atom stereocenters. The van der Waals surface area contributed by atoms with Gasteiger partial charge in [-0.15, -0.1) is 0 Å². The summed E-state index contributed by atoms with van der Waals surface area (Å²) in [6, 6.07) is 10.6. The third-order valence-electron chi connectivity index (χ3n) is 3.69. The summed E-state index contributed by atoms with van der Waals surface area (Å²) in [6.07, 6.45) is 2.46. The molecule has 23 heavy (non-hydrogen) atoms. The number of carbonyl (C=O) groups excluding carboxylic acids is 1. The first-order valence-corrected chi connectivity index (χ1v) is 8.04. The highest BCUT2D eigenvalue weighted by Crippen LogP contribution is 2.18. The van der Waals surface area contributed by atoms with Crippen LogP contribution in [0.3, 0.4) is 0 Å². The van der Waals surface area contributed by atoms with Crippen LogP contribution >= 0.6 is 0 Å². The third-order valence-corrected chi connectivity index (χ3v) is 3.69. The molecule has 0 spiro atoms. The van der Waals surface area contributed by atoms with Gasteiger partial charge in [0.1, 0.15) is 5.60 Å². The molecule has 1 aromatic carbocycles. The lowest BCUT2D eigenvalue weighted by atomic mass is 10.0. The van der Waals surface area contributed by atoms with Crippen LogP contribution in [0.5, 0.6) is 0 Å². The fraction of sp³-hybridized carbons (Fsp3) is 0.500. The number of nitrogens with zero attached hydrogens (tertiary/aromatic N) is 1. The fourth-order valence-corrected chi connectivity index (χ4v) is 2.61. The van der Waals surface area contributed by atoms with Gasteiger partial charge in [-0.2, -0.15) is 0 Å². The molecule has 0 fully saturated rings. The lowest BCUT2D eigenvalue weighted by Crippen LogP contribution is -2.46. The summed E-state index contributed by atoms with van der Waals surface area (Å²) in [5.74, 6) is 0. The molecule has 1 unspecified atom stereocenters. The van der Waals surface area contributed by atoms with Gasteiger partial charge in [0, 0.05) is 31.4 Å². The predicted octanol–water partition coefficient (Wildman–Crippen LogP) is 2.63. The molecule has 5 heteroatoms. The molecule has 2 rings (SSSR count). The number of alkyl carbamates (subject to hydrolysis) is 1. The van der Waals surface area contributed by atoms with E-state index in [1.54, 1.807) is 0 Å². The number of hydrogen-bond acceptors (Lipinski definition) is 4. The highest BCUT2D eigenvalue weighted by molar-refractivity contribution is 5.70. The Morgan fingerprint density at radius 3 is 2.65 bits per heavy atom. The second kappa shape index (κ2) is 7.62. The summed E-state index contributed by atoms with van der Waals surface area (Å²) in [5, 5.41) is 2.85. The van der Waals surface area contributed by atoms with Crippen molar-refractivity contribution < 1.29 is 9.53 Å². The molecule has 0 aliphatic carbocycles. The van der Waals surface area contributed by atoms with Gasteiger partial charge in [0.15, 0.2) is 0 Å². The Kier molecular flexibility index (Phi) is 5.80. The first kappa shape index (κ1) is 17.5. The van der Waals surface area contributed by atoms with Crippen molar-refractivity contribution in [2.45, 2.75) is 45.4 Å². The van der Waals surface area contributed by atoms with E-state index in [0.29, 0.717) is 19.1 Å². The molecule has 0 saturated heterocycles. The highest BCUT2D eigenvalue weighted by Gasteiger charge is 2.24. The van der Waals surface area contributed by atoms with E-state index >= 15 is 0 Å². The van der Waals surface area contributed by atoms with Gasteiger partial charge in [-0.1, -0.05) is 36.4 Å². The average molecular weight is 317 g/mol. The second-order valence-corrected chi connectivity index (χ2v) is 6.87. The molecule has 3 N–H and O–H groups in total. The van der Waals surface area contributed by atoms with E-state index in [2.05, 4.69) is 22.3 Å². The zero-order valence-corrected chi connectivity index (χ0v) is 14.2. The molecule has 0 bridgehead atoms. The molecule has 5 nitrogen and oxygen atoms in total. The quantitative estimate of drug-likeness (QED) is 0.896. The molecule has 1 heterocycles. The Bertz CT molecular complexity index is 549. The van der Waals surface area contributed by atoms with Gasteiger partial charge in [0.05, 0.1) is 0 Å². The van der Waals surface area contributed by atoms with Crippen molar-refractivity contribution in [2.24, 2.45) is 5.73 Å². The summed E-state index contributed by atoms with van der Waals surface area (Å²) < 4.78 is 5.31. The van der Waals surface area contributed by atoms with Crippen LogP contribution in [-0.2, 0) is 11.3 Å². The van der Waals surface area contributed by atoms with E-state index in [1.165, 1.54) is 5.56 Å². The summed E-state index contributed by atoms with van der Waals surface area (Å²) in [7, 11) is 0. The Morgan fingerprint density at radius 1 is 1.35 bits per heavy atom. The Balaban J connectivity index is 1.98. The van der Waals surface area contributed by atoms with Crippen LogP contribution in [-0.4, -0.2) is 35.7 Å². The summed E-state index contributed by atoms with van der Waals surface area (Å²) in [6.45, 7) is 7.64. The minimum absolute atomic E-state index is 0.291. The van der Waals surface area contributed by atoms with Crippen molar-refractivity contribution in [2.75, 3.05) is 13.1 Å². The molecule has 1 aliphatic rings. The zero-order valence-electron chi connectivity index (χ0n) is 14.2. The van der Waals surface area contributed by atoms with Crippen molar-refractivity contribution in [1.29, 1.82) is 0 Å². The van der Waals surface area contributed by atoms with Crippen LogP contribution in [0.1, 0.15) is 32.8 Å². The van der Waals surface area contributed by atoms with Gasteiger partial charge in [-0.25, -0.2) is 4.79 Å². The molecular formula is C18H27N3O2. The van der Waals surface area contributed by atoms with Crippen LogP contribution in [0, 0.1) is 0 Å². The van der Waals surface area contributed by atoms with E-state index in [1.807, 2.05) is 45.0 Å². The van der Waals surface area contributed by atoms with Crippen molar-refractivity contribution in [1.82, 2.24) is 10.2 Å². The molecule has 0 aromatic heterocycles. The smallest absolute Gasteiger partial charge is 0.411 e. The Labute approximate surface area is 138 Å². The van der Waals surface area contributed by atoms with Gasteiger partial charge >= 0.3 is 6.09 Å². The molecule has 1 aromatic rings.